The number of ether oxygens (including phenoxy) is 1. The molecule has 188 valence electrons. The number of anilines is 2. The maximum atomic E-state index is 11.7. The normalized spacial score (nSPS) is 24.9. The van der Waals surface area contributed by atoms with Gasteiger partial charge in [0.15, 0.2) is 12.4 Å². The van der Waals surface area contributed by atoms with E-state index in [1.807, 2.05) is 37.3 Å². The molecule has 7 nitrogen and oxygen atoms in total. The van der Waals surface area contributed by atoms with Gasteiger partial charge in [0.05, 0.1) is 11.4 Å². The molecule has 0 bridgehead atoms. The SMILES string of the molecule is CCOC1C2N(CC3=CCC(c4ccccc4C4=NCC(=O)N4)C=C3)c3c(C(O)=C4CC4)cccc3N12. The Bertz CT molecular complexity index is 1420. The molecular formula is C30H30N4O3. The summed E-state index contributed by atoms with van der Waals surface area (Å²) < 4.78 is 6.03. The third kappa shape index (κ3) is 3.76. The van der Waals surface area contributed by atoms with Crippen molar-refractivity contribution in [2.75, 3.05) is 29.5 Å². The summed E-state index contributed by atoms with van der Waals surface area (Å²) in [5.41, 5.74) is 7.75. The minimum atomic E-state index is -0.0562. The highest BCUT2D eigenvalue weighted by Gasteiger charge is 2.59. The van der Waals surface area contributed by atoms with Crippen molar-refractivity contribution in [3.8, 4) is 0 Å². The molecule has 0 radical (unpaired) electrons. The summed E-state index contributed by atoms with van der Waals surface area (Å²) in [4.78, 5) is 20.8. The zero-order chi connectivity index (χ0) is 25.1. The first-order chi connectivity index (χ1) is 18.1. The highest BCUT2D eigenvalue weighted by molar-refractivity contribution is 6.13. The van der Waals surface area contributed by atoms with E-state index in [9.17, 15) is 9.90 Å². The number of allylic oxidation sites excluding steroid dienone is 3. The van der Waals surface area contributed by atoms with E-state index in [4.69, 9.17) is 4.74 Å². The Kier molecular flexibility index (Phi) is 5.22. The predicted octanol–water partition coefficient (Wildman–Crippen LogP) is 4.62. The van der Waals surface area contributed by atoms with E-state index in [-0.39, 0.29) is 30.8 Å². The first-order valence-corrected chi connectivity index (χ1v) is 13.2. The quantitative estimate of drug-likeness (QED) is 0.434. The average Bonchev–Trinajstić information content (AvgIpc) is 3.82. The first kappa shape index (κ1) is 22.4. The lowest BCUT2D eigenvalue weighted by molar-refractivity contribution is -0.117. The van der Waals surface area contributed by atoms with E-state index in [1.165, 1.54) is 11.1 Å². The predicted molar refractivity (Wildman–Crippen MR) is 145 cm³/mol. The van der Waals surface area contributed by atoms with E-state index >= 15 is 0 Å². The molecule has 3 aliphatic heterocycles. The molecular weight excluding hydrogens is 464 g/mol. The molecule has 2 aromatic rings. The van der Waals surface area contributed by atoms with Crippen LogP contribution in [0.5, 0.6) is 0 Å². The molecule has 1 amide bonds. The van der Waals surface area contributed by atoms with Gasteiger partial charge in [0.2, 0.25) is 5.91 Å². The van der Waals surface area contributed by atoms with Crippen molar-refractivity contribution in [3.05, 3.63) is 88.5 Å². The molecule has 2 fully saturated rings. The van der Waals surface area contributed by atoms with Crippen LogP contribution in [-0.4, -0.2) is 48.9 Å². The van der Waals surface area contributed by atoms with Crippen LogP contribution in [-0.2, 0) is 9.53 Å². The number of aliphatic imine (C=N–C) groups is 1. The van der Waals surface area contributed by atoms with E-state index in [0.29, 0.717) is 18.2 Å². The number of amides is 1. The fourth-order valence-corrected chi connectivity index (χ4v) is 5.91. The van der Waals surface area contributed by atoms with Gasteiger partial charge in [0.1, 0.15) is 18.1 Å². The summed E-state index contributed by atoms with van der Waals surface area (Å²) in [6.07, 6.45) is 9.87. The van der Waals surface area contributed by atoms with Crippen molar-refractivity contribution in [2.24, 2.45) is 4.99 Å². The van der Waals surface area contributed by atoms with E-state index in [2.05, 4.69) is 50.5 Å². The maximum Gasteiger partial charge on any atom is 0.247 e. The summed E-state index contributed by atoms with van der Waals surface area (Å²) >= 11 is 0. The van der Waals surface area contributed by atoms with Gasteiger partial charge in [-0.3, -0.25) is 9.79 Å². The average molecular weight is 495 g/mol. The number of aliphatic hydroxyl groups excluding tert-OH is 1. The summed E-state index contributed by atoms with van der Waals surface area (Å²) in [6.45, 7) is 3.66. The molecule has 37 heavy (non-hydrogen) atoms. The third-order valence-corrected chi connectivity index (χ3v) is 7.83. The molecule has 7 rings (SSSR count). The lowest BCUT2D eigenvalue weighted by Crippen LogP contribution is -2.30. The molecule has 2 N–H and O–H groups in total. The van der Waals surface area contributed by atoms with Crippen molar-refractivity contribution in [1.29, 1.82) is 0 Å². The number of carbonyl (C=O) groups excluding carboxylic acids is 1. The topological polar surface area (TPSA) is 77.2 Å². The maximum absolute atomic E-state index is 11.7. The molecule has 0 spiro atoms. The second kappa shape index (κ2) is 8.63. The van der Waals surface area contributed by atoms with Crippen molar-refractivity contribution in [1.82, 2.24) is 5.32 Å². The van der Waals surface area contributed by atoms with Crippen LogP contribution in [0.1, 0.15) is 48.8 Å². The minimum Gasteiger partial charge on any atom is -0.507 e. The van der Waals surface area contributed by atoms with Gasteiger partial charge in [-0.05, 0) is 55.0 Å². The first-order valence-electron chi connectivity index (χ1n) is 13.2. The molecule has 2 aromatic carbocycles. The number of rotatable bonds is 7. The molecule has 0 aromatic heterocycles. The number of fused-ring (bicyclic) bond motifs is 3. The summed E-state index contributed by atoms with van der Waals surface area (Å²) in [7, 11) is 0. The van der Waals surface area contributed by atoms with Crippen LogP contribution in [0.4, 0.5) is 11.4 Å². The van der Waals surface area contributed by atoms with Gasteiger partial charge < -0.3 is 25.0 Å². The zero-order valence-corrected chi connectivity index (χ0v) is 20.9. The number of hydrogen-bond acceptors (Lipinski definition) is 6. The van der Waals surface area contributed by atoms with Gasteiger partial charge in [0, 0.05) is 30.2 Å². The largest absolute Gasteiger partial charge is 0.507 e. The Morgan fingerprint density at radius 2 is 2.05 bits per heavy atom. The van der Waals surface area contributed by atoms with Gasteiger partial charge in [-0.25, -0.2) is 0 Å². The highest BCUT2D eigenvalue weighted by Crippen LogP contribution is 2.55. The minimum absolute atomic E-state index is 0.0543. The number of aliphatic hydroxyl groups is 1. The Hall–Kier alpha value is -3.84. The molecule has 5 aliphatic rings. The monoisotopic (exact) mass is 494 g/mol. The van der Waals surface area contributed by atoms with Gasteiger partial charge in [-0.15, -0.1) is 0 Å². The second-order valence-electron chi connectivity index (χ2n) is 10.2. The van der Waals surface area contributed by atoms with Gasteiger partial charge in [-0.2, -0.15) is 0 Å². The Morgan fingerprint density at radius 3 is 2.78 bits per heavy atom. The summed E-state index contributed by atoms with van der Waals surface area (Å²) in [6, 6.07) is 14.4. The van der Waals surface area contributed by atoms with Crippen molar-refractivity contribution in [2.45, 2.75) is 44.5 Å². The van der Waals surface area contributed by atoms with E-state index in [1.54, 1.807) is 0 Å². The number of nitrogens with zero attached hydrogens (tertiary/aromatic N) is 3. The van der Waals surface area contributed by atoms with Crippen LogP contribution in [0.25, 0.3) is 5.76 Å². The van der Waals surface area contributed by atoms with Gasteiger partial charge >= 0.3 is 0 Å². The van der Waals surface area contributed by atoms with Crippen LogP contribution in [0.2, 0.25) is 0 Å². The number of amidine groups is 1. The van der Waals surface area contributed by atoms with Gasteiger partial charge in [0.25, 0.3) is 0 Å². The fraction of sp³-hybridized carbons (Fsp3) is 0.333. The second-order valence-corrected chi connectivity index (χ2v) is 10.2. The van der Waals surface area contributed by atoms with Crippen LogP contribution in [0.3, 0.4) is 0 Å². The number of carbonyl (C=O) groups is 1. The van der Waals surface area contributed by atoms with Crippen LogP contribution < -0.4 is 15.1 Å². The molecule has 3 heterocycles. The Labute approximate surface area is 216 Å². The van der Waals surface area contributed by atoms with Crippen molar-refractivity contribution in [3.63, 3.8) is 0 Å². The van der Waals surface area contributed by atoms with Crippen LogP contribution >= 0.6 is 0 Å². The van der Waals surface area contributed by atoms with Crippen LogP contribution in [0.15, 0.2) is 76.8 Å². The van der Waals surface area contributed by atoms with E-state index in [0.717, 1.165) is 53.9 Å². The molecule has 1 saturated carbocycles. The number of para-hydroxylation sites is 1. The number of benzene rings is 2. The third-order valence-electron chi connectivity index (χ3n) is 7.83. The molecule has 7 heteroatoms. The molecule has 3 atom stereocenters. The zero-order valence-electron chi connectivity index (χ0n) is 20.9. The smallest absolute Gasteiger partial charge is 0.247 e. The fourth-order valence-electron chi connectivity index (χ4n) is 5.91. The highest BCUT2D eigenvalue weighted by atomic mass is 16.5. The van der Waals surface area contributed by atoms with Crippen molar-refractivity contribution >= 4 is 28.9 Å². The van der Waals surface area contributed by atoms with Gasteiger partial charge in [-0.1, -0.05) is 48.6 Å². The molecule has 2 aliphatic carbocycles. The summed E-state index contributed by atoms with van der Waals surface area (Å²) in [5.74, 6) is 1.28. The lowest BCUT2D eigenvalue weighted by Gasteiger charge is -2.27. The molecule has 1 saturated heterocycles. The summed E-state index contributed by atoms with van der Waals surface area (Å²) in [5, 5.41) is 13.8. The van der Waals surface area contributed by atoms with E-state index < -0.39 is 0 Å². The van der Waals surface area contributed by atoms with Crippen molar-refractivity contribution < 1.29 is 14.6 Å². The Balaban J connectivity index is 1.15. The molecule has 3 unspecified atom stereocenters. The lowest BCUT2D eigenvalue weighted by atomic mass is 9.87. The number of nitrogens with one attached hydrogen (secondary N) is 1. The van der Waals surface area contributed by atoms with Crippen LogP contribution in [0, 0.1) is 0 Å². The number of hydrogen-bond donors (Lipinski definition) is 2. The Morgan fingerprint density at radius 1 is 1.19 bits per heavy atom. The standard InChI is InChI=1S/C30H30N4O3/c1-2-37-30-29-33(26-23(27(36)20-14-15-20)8-5-9-24(26)34(29)30)17-18-10-12-19(13-11-18)21-6-3-4-7-22(21)28-31-16-25(35)32-28/h3-12,19,29-30,36H,2,13-17H2,1H3,(H,31,32,35).